The summed E-state index contributed by atoms with van der Waals surface area (Å²) in [5.41, 5.74) is 1.87. The fraction of sp³-hybridized carbons (Fsp3) is 0.348. The SMILES string of the molecule is CCC(c1nnc(SCC(=O)Nc2cccc(OC)c2)n1Cc1ccccc1)N(C)C. The third-order valence-corrected chi connectivity index (χ3v) is 5.89. The van der Waals surface area contributed by atoms with E-state index in [1.807, 2.05) is 50.5 Å². The van der Waals surface area contributed by atoms with E-state index in [4.69, 9.17) is 4.74 Å². The average Bonchev–Trinajstić information content (AvgIpc) is 3.15. The lowest BCUT2D eigenvalue weighted by atomic mass is 10.2. The molecule has 1 unspecified atom stereocenters. The van der Waals surface area contributed by atoms with Crippen LogP contribution in [0, 0.1) is 0 Å². The molecule has 164 valence electrons. The van der Waals surface area contributed by atoms with E-state index in [1.165, 1.54) is 17.3 Å². The van der Waals surface area contributed by atoms with Crippen molar-refractivity contribution in [2.24, 2.45) is 0 Å². The highest BCUT2D eigenvalue weighted by molar-refractivity contribution is 7.99. The minimum Gasteiger partial charge on any atom is -0.497 e. The number of carbonyl (C=O) groups is 1. The fourth-order valence-electron chi connectivity index (χ4n) is 3.37. The summed E-state index contributed by atoms with van der Waals surface area (Å²) in [6, 6.07) is 17.7. The van der Waals surface area contributed by atoms with Gasteiger partial charge in [0.05, 0.1) is 25.4 Å². The van der Waals surface area contributed by atoms with Crippen LogP contribution in [0.2, 0.25) is 0 Å². The number of aromatic nitrogens is 3. The van der Waals surface area contributed by atoms with Gasteiger partial charge in [-0.05, 0) is 38.2 Å². The normalized spacial score (nSPS) is 12.0. The van der Waals surface area contributed by atoms with Gasteiger partial charge in [0, 0.05) is 11.8 Å². The van der Waals surface area contributed by atoms with Crippen molar-refractivity contribution >= 4 is 23.4 Å². The highest BCUT2D eigenvalue weighted by atomic mass is 32.2. The molecular weight excluding hydrogens is 410 g/mol. The van der Waals surface area contributed by atoms with Crippen molar-refractivity contribution in [3.63, 3.8) is 0 Å². The van der Waals surface area contributed by atoms with Crippen molar-refractivity contribution in [3.05, 3.63) is 66.0 Å². The maximum Gasteiger partial charge on any atom is 0.234 e. The Morgan fingerprint density at radius 2 is 1.94 bits per heavy atom. The van der Waals surface area contributed by atoms with Gasteiger partial charge in [-0.25, -0.2) is 0 Å². The molecule has 0 aliphatic heterocycles. The molecule has 1 heterocycles. The molecule has 1 aromatic heterocycles. The number of methoxy groups -OCH3 is 1. The summed E-state index contributed by atoms with van der Waals surface area (Å²) in [5.74, 6) is 1.75. The number of carbonyl (C=O) groups excluding carboxylic acids is 1. The number of benzene rings is 2. The highest BCUT2D eigenvalue weighted by Crippen LogP contribution is 2.26. The van der Waals surface area contributed by atoms with Gasteiger partial charge >= 0.3 is 0 Å². The van der Waals surface area contributed by atoms with Crippen LogP contribution < -0.4 is 10.1 Å². The predicted octanol–water partition coefficient (Wildman–Crippen LogP) is 4.08. The van der Waals surface area contributed by atoms with Crippen LogP contribution in [0.5, 0.6) is 5.75 Å². The third kappa shape index (κ3) is 6.08. The number of ether oxygens (including phenoxy) is 1. The highest BCUT2D eigenvalue weighted by Gasteiger charge is 2.22. The Hall–Kier alpha value is -2.84. The monoisotopic (exact) mass is 439 g/mol. The molecule has 1 N–H and O–H groups in total. The molecule has 0 saturated carbocycles. The maximum absolute atomic E-state index is 12.5. The Morgan fingerprint density at radius 1 is 1.16 bits per heavy atom. The van der Waals surface area contributed by atoms with Crippen LogP contribution in [0.1, 0.15) is 30.8 Å². The van der Waals surface area contributed by atoms with Crippen LogP contribution in [-0.4, -0.2) is 52.5 Å². The van der Waals surface area contributed by atoms with Crippen molar-refractivity contribution in [2.45, 2.75) is 31.1 Å². The first kappa shape index (κ1) is 22.8. The largest absolute Gasteiger partial charge is 0.497 e. The molecular formula is C23H29N5O2S. The number of rotatable bonds is 10. The summed E-state index contributed by atoms with van der Waals surface area (Å²) in [5, 5.41) is 12.6. The van der Waals surface area contributed by atoms with Gasteiger partial charge in [-0.2, -0.15) is 0 Å². The van der Waals surface area contributed by atoms with Gasteiger partial charge in [-0.3, -0.25) is 9.69 Å². The zero-order chi connectivity index (χ0) is 22.2. The number of anilines is 1. The zero-order valence-electron chi connectivity index (χ0n) is 18.4. The summed E-state index contributed by atoms with van der Waals surface area (Å²) in [6.45, 7) is 2.80. The molecule has 7 nitrogen and oxygen atoms in total. The van der Waals surface area contributed by atoms with Gasteiger partial charge in [-0.1, -0.05) is 55.1 Å². The maximum atomic E-state index is 12.5. The van der Waals surface area contributed by atoms with E-state index in [9.17, 15) is 4.79 Å². The lowest BCUT2D eigenvalue weighted by Gasteiger charge is -2.23. The zero-order valence-corrected chi connectivity index (χ0v) is 19.2. The Kier molecular flexibility index (Phi) is 8.08. The van der Waals surface area contributed by atoms with Crippen molar-refractivity contribution in [2.75, 3.05) is 32.3 Å². The molecule has 3 rings (SSSR count). The van der Waals surface area contributed by atoms with Gasteiger partial charge in [-0.15, -0.1) is 10.2 Å². The second-order valence-corrected chi connectivity index (χ2v) is 8.31. The minimum atomic E-state index is -0.103. The predicted molar refractivity (Wildman–Crippen MR) is 125 cm³/mol. The summed E-state index contributed by atoms with van der Waals surface area (Å²) >= 11 is 1.39. The molecule has 8 heteroatoms. The van der Waals surface area contributed by atoms with E-state index in [1.54, 1.807) is 13.2 Å². The average molecular weight is 440 g/mol. The quantitative estimate of drug-likeness (QED) is 0.480. The van der Waals surface area contributed by atoms with E-state index < -0.39 is 0 Å². The Bertz CT molecular complexity index is 991. The summed E-state index contributed by atoms with van der Waals surface area (Å²) in [7, 11) is 5.69. The van der Waals surface area contributed by atoms with E-state index in [0.29, 0.717) is 18.0 Å². The molecule has 0 saturated heterocycles. The molecule has 1 amide bonds. The van der Waals surface area contributed by atoms with E-state index in [-0.39, 0.29) is 17.7 Å². The molecule has 2 aromatic carbocycles. The van der Waals surface area contributed by atoms with Crippen LogP contribution >= 0.6 is 11.8 Å². The first-order valence-electron chi connectivity index (χ1n) is 10.2. The van der Waals surface area contributed by atoms with Crippen molar-refractivity contribution < 1.29 is 9.53 Å². The Morgan fingerprint density at radius 3 is 2.61 bits per heavy atom. The van der Waals surface area contributed by atoms with Gasteiger partial charge in [0.1, 0.15) is 5.75 Å². The van der Waals surface area contributed by atoms with Crippen LogP contribution in [0.15, 0.2) is 59.8 Å². The Labute approximate surface area is 187 Å². The number of hydrogen-bond acceptors (Lipinski definition) is 6. The van der Waals surface area contributed by atoms with E-state index in [0.717, 1.165) is 17.4 Å². The van der Waals surface area contributed by atoms with Gasteiger partial charge in [0.2, 0.25) is 5.91 Å². The number of amides is 1. The number of thioether (sulfide) groups is 1. The molecule has 0 fully saturated rings. The molecule has 0 bridgehead atoms. The fourth-order valence-corrected chi connectivity index (χ4v) is 4.12. The first-order valence-corrected chi connectivity index (χ1v) is 11.2. The second kappa shape index (κ2) is 11.0. The summed E-state index contributed by atoms with van der Waals surface area (Å²) < 4.78 is 7.33. The van der Waals surface area contributed by atoms with Crippen LogP contribution in [0.3, 0.4) is 0 Å². The van der Waals surface area contributed by atoms with Crippen LogP contribution in [0.4, 0.5) is 5.69 Å². The van der Waals surface area contributed by atoms with Gasteiger partial charge < -0.3 is 14.6 Å². The lowest BCUT2D eigenvalue weighted by Crippen LogP contribution is -2.23. The molecule has 0 radical (unpaired) electrons. The standard InChI is InChI=1S/C23H29N5O2S/c1-5-20(27(2)3)22-25-26-23(28(22)15-17-10-7-6-8-11-17)31-16-21(29)24-18-12-9-13-19(14-18)30-4/h6-14,20H,5,15-16H2,1-4H3,(H,24,29). The molecule has 0 aliphatic rings. The lowest BCUT2D eigenvalue weighted by molar-refractivity contribution is -0.113. The van der Waals surface area contributed by atoms with Crippen LogP contribution in [0.25, 0.3) is 0 Å². The molecule has 3 aromatic rings. The molecule has 0 aliphatic carbocycles. The summed E-state index contributed by atoms with van der Waals surface area (Å²) in [4.78, 5) is 14.7. The van der Waals surface area contributed by atoms with Crippen molar-refractivity contribution in [1.82, 2.24) is 19.7 Å². The number of nitrogens with one attached hydrogen (secondary N) is 1. The third-order valence-electron chi connectivity index (χ3n) is 4.92. The Balaban J connectivity index is 1.76. The summed E-state index contributed by atoms with van der Waals surface area (Å²) in [6.07, 6.45) is 0.918. The number of nitrogens with zero attached hydrogens (tertiary/aromatic N) is 4. The van der Waals surface area contributed by atoms with E-state index >= 15 is 0 Å². The van der Waals surface area contributed by atoms with Crippen LogP contribution in [-0.2, 0) is 11.3 Å². The minimum absolute atomic E-state index is 0.103. The van der Waals surface area contributed by atoms with E-state index in [2.05, 4.69) is 44.0 Å². The second-order valence-electron chi connectivity index (χ2n) is 7.37. The smallest absolute Gasteiger partial charge is 0.234 e. The van der Waals surface area contributed by atoms with Crippen molar-refractivity contribution in [3.8, 4) is 5.75 Å². The molecule has 0 spiro atoms. The molecule has 1 atom stereocenters. The molecule has 31 heavy (non-hydrogen) atoms. The topological polar surface area (TPSA) is 72.3 Å². The van der Waals surface area contributed by atoms with Crippen molar-refractivity contribution in [1.29, 1.82) is 0 Å². The first-order chi connectivity index (χ1) is 15.0. The van der Waals surface area contributed by atoms with Gasteiger partial charge in [0.25, 0.3) is 0 Å². The number of hydrogen-bond donors (Lipinski definition) is 1. The van der Waals surface area contributed by atoms with Gasteiger partial charge in [0.15, 0.2) is 11.0 Å².